The van der Waals surface area contributed by atoms with Crippen LogP contribution in [-0.2, 0) is 4.79 Å². The lowest BCUT2D eigenvalue weighted by molar-refractivity contribution is -0.111. The molecule has 0 aliphatic rings. The first-order valence-electron chi connectivity index (χ1n) is 9.46. The van der Waals surface area contributed by atoms with Crippen molar-refractivity contribution >= 4 is 52.5 Å². The molecule has 2 amide bonds. The molecule has 0 atom stereocenters. The highest BCUT2D eigenvalue weighted by Crippen LogP contribution is 2.29. The molecule has 0 fully saturated rings. The molecule has 0 bridgehead atoms. The predicted octanol–water partition coefficient (Wildman–Crippen LogP) is 6.75. The second kappa shape index (κ2) is 9.60. The fraction of sp³-hybridized carbons (Fsp3) is 0. The van der Waals surface area contributed by atoms with Crippen LogP contribution in [0, 0.1) is 0 Å². The van der Waals surface area contributed by atoms with Crippen LogP contribution in [0.15, 0.2) is 87.9 Å². The fourth-order valence-electron chi connectivity index (χ4n) is 2.87. The van der Waals surface area contributed by atoms with E-state index in [2.05, 4.69) is 10.6 Å². The zero-order chi connectivity index (χ0) is 22.5. The highest BCUT2D eigenvalue weighted by atomic mass is 35.5. The van der Waals surface area contributed by atoms with Crippen molar-refractivity contribution < 1.29 is 18.4 Å². The lowest BCUT2D eigenvalue weighted by atomic mass is 10.2. The molecule has 32 heavy (non-hydrogen) atoms. The van der Waals surface area contributed by atoms with Gasteiger partial charge in [0.05, 0.1) is 6.26 Å². The zero-order valence-corrected chi connectivity index (χ0v) is 18.0. The maximum atomic E-state index is 12.2. The van der Waals surface area contributed by atoms with Crippen LogP contribution in [0.2, 0.25) is 10.0 Å². The number of rotatable bonds is 6. The zero-order valence-electron chi connectivity index (χ0n) is 16.5. The first kappa shape index (κ1) is 21.5. The summed E-state index contributed by atoms with van der Waals surface area (Å²) in [5.41, 5.74) is 1.89. The monoisotopic (exact) mass is 466 g/mol. The number of hydrogen-bond donors (Lipinski definition) is 2. The molecule has 0 saturated heterocycles. The van der Waals surface area contributed by atoms with Gasteiger partial charge in [-0.05, 0) is 72.8 Å². The van der Waals surface area contributed by atoms with Crippen molar-refractivity contribution in [2.45, 2.75) is 0 Å². The minimum Gasteiger partial charge on any atom is -0.459 e. The van der Waals surface area contributed by atoms with Gasteiger partial charge in [-0.25, -0.2) is 0 Å². The van der Waals surface area contributed by atoms with Gasteiger partial charge in [-0.2, -0.15) is 0 Å². The van der Waals surface area contributed by atoms with Crippen molar-refractivity contribution in [2.24, 2.45) is 0 Å². The summed E-state index contributed by atoms with van der Waals surface area (Å²) >= 11 is 12.1. The van der Waals surface area contributed by atoms with Crippen molar-refractivity contribution in [3.63, 3.8) is 0 Å². The summed E-state index contributed by atoms with van der Waals surface area (Å²) in [5, 5.41) is 6.46. The van der Waals surface area contributed by atoms with Gasteiger partial charge < -0.3 is 19.5 Å². The molecule has 0 saturated carbocycles. The van der Waals surface area contributed by atoms with E-state index >= 15 is 0 Å². The second-order valence-corrected chi connectivity index (χ2v) is 7.56. The Bertz CT molecular complexity index is 1260. The van der Waals surface area contributed by atoms with Gasteiger partial charge in [-0.1, -0.05) is 23.2 Å². The van der Waals surface area contributed by atoms with Crippen LogP contribution >= 0.6 is 23.2 Å². The Hall–Kier alpha value is -3.74. The lowest BCUT2D eigenvalue weighted by Gasteiger charge is -2.05. The lowest BCUT2D eigenvalue weighted by Crippen LogP contribution is -2.11. The molecular weight excluding hydrogens is 451 g/mol. The van der Waals surface area contributed by atoms with Gasteiger partial charge >= 0.3 is 0 Å². The van der Waals surface area contributed by atoms with Gasteiger partial charge in [0.15, 0.2) is 5.76 Å². The van der Waals surface area contributed by atoms with E-state index in [9.17, 15) is 9.59 Å². The number of hydrogen-bond acceptors (Lipinski definition) is 4. The largest absolute Gasteiger partial charge is 0.459 e. The van der Waals surface area contributed by atoms with E-state index in [1.807, 2.05) is 0 Å². The molecule has 0 unspecified atom stereocenters. The van der Waals surface area contributed by atoms with E-state index in [0.717, 1.165) is 5.56 Å². The van der Waals surface area contributed by atoms with Crippen LogP contribution < -0.4 is 10.6 Å². The molecule has 0 spiro atoms. The summed E-state index contributed by atoms with van der Waals surface area (Å²) in [6.45, 7) is 0. The highest BCUT2D eigenvalue weighted by Gasteiger charge is 2.09. The normalized spacial score (nSPS) is 10.9. The molecular formula is C24H16Cl2N2O4. The van der Waals surface area contributed by atoms with Gasteiger partial charge in [0.1, 0.15) is 11.5 Å². The topological polar surface area (TPSA) is 84.5 Å². The first-order valence-corrected chi connectivity index (χ1v) is 10.2. The summed E-state index contributed by atoms with van der Waals surface area (Å²) < 4.78 is 10.8. The summed E-state index contributed by atoms with van der Waals surface area (Å²) in [4.78, 5) is 24.2. The molecule has 0 radical (unpaired) electrons. The quantitative estimate of drug-likeness (QED) is 0.307. The van der Waals surface area contributed by atoms with E-state index in [1.165, 1.54) is 12.3 Å². The number of anilines is 2. The number of benzene rings is 2. The first-order chi connectivity index (χ1) is 15.5. The number of halogens is 2. The average molecular weight is 467 g/mol. The molecule has 2 aromatic heterocycles. The van der Waals surface area contributed by atoms with Crippen molar-refractivity contribution in [3.8, 4) is 11.3 Å². The minimum absolute atomic E-state index is 0.215. The van der Waals surface area contributed by atoms with Crippen LogP contribution in [-0.4, -0.2) is 11.8 Å². The Labute approximate surface area is 193 Å². The molecule has 8 heteroatoms. The number of furan rings is 2. The highest BCUT2D eigenvalue weighted by molar-refractivity contribution is 6.35. The van der Waals surface area contributed by atoms with E-state index in [0.29, 0.717) is 32.9 Å². The van der Waals surface area contributed by atoms with E-state index < -0.39 is 0 Å². The van der Waals surface area contributed by atoms with Crippen molar-refractivity contribution in [1.29, 1.82) is 0 Å². The van der Waals surface area contributed by atoms with Crippen molar-refractivity contribution in [1.82, 2.24) is 0 Å². The van der Waals surface area contributed by atoms with Gasteiger partial charge in [0, 0.05) is 33.1 Å². The van der Waals surface area contributed by atoms with Crippen LogP contribution in [0.4, 0.5) is 11.4 Å². The van der Waals surface area contributed by atoms with Crippen LogP contribution in [0.1, 0.15) is 16.3 Å². The van der Waals surface area contributed by atoms with Crippen LogP contribution in [0.25, 0.3) is 17.4 Å². The van der Waals surface area contributed by atoms with Gasteiger partial charge in [0.25, 0.3) is 5.91 Å². The molecule has 2 heterocycles. The molecule has 2 N–H and O–H groups in total. The van der Waals surface area contributed by atoms with Crippen molar-refractivity contribution in [2.75, 3.05) is 10.6 Å². The fourth-order valence-corrected chi connectivity index (χ4v) is 3.40. The molecule has 6 nitrogen and oxygen atoms in total. The third-order valence-corrected chi connectivity index (χ3v) is 4.76. The molecule has 0 aliphatic heterocycles. The molecule has 2 aromatic carbocycles. The summed E-state index contributed by atoms with van der Waals surface area (Å²) in [6, 6.07) is 18.6. The number of carbonyl (C=O) groups excluding carboxylic acids is 2. The number of amides is 2. The average Bonchev–Trinajstić information content (AvgIpc) is 3.45. The summed E-state index contributed by atoms with van der Waals surface area (Å²) in [5.74, 6) is 0.615. The SMILES string of the molecule is O=C(/C=C/c1ccc(-c2cc(Cl)cc(Cl)c2)o1)Nc1ccc(NC(=O)c2ccco2)cc1. The molecule has 4 aromatic rings. The minimum atomic E-state index is -0.354. The van der Waals surface area contributed by atoms with E-state index in [1.54, 1.807) is 72.8 Å². The standard InChI is InChI=1S/C24H16Cl2N2O4/c25-16-12-15(13-17(26)14-16)21-9-7-20(32-21)8-10-23(29)27-18-3-5-19(6-4-18)28-24(30)22-2-1-11-31-22/h1-14H,(H,27,29)(H,28,30)/b10-8+. The Balaban J connectivity index is 1.34. The van der Waals surface area contributed by atoms with Gasteiger partial charge in [0.2, 0.25) is 5.91 Å². The molecule has 0 aliphatic carbocycles. The maximum absolute atomic E-state index is 12.2. The smallest absolute Gasteiger partial charge is 0.291 e. The van der Waals surface area contributed by atoms with Crippen LogP contribution in [0.3, 0.4) is 0 Å². The Kier molecular flexibility index (Phi) is 6.44. The van der Waals surface area contributed by atoms with Crippen LogP contribution in [0.5, 0.6) is 0 Å². The number of nitrogens with one attached hydrogen (secondary N) is 2. The Morgan fingerprint density at radius 1 is 0.844 bits per heavy atom. The van der Waals surface area contributed by atoms with Gasteiger partial charge in [-0.3, -0.25) is 9.59 Å². The van der Waals surface area contributed by atoms with Gasteiger partial charge in [-0.15, -0.1) is 0 Å². The Morgan fingerprint density at radius 3 is 2.19 bits per heavy atom. The third kappa shape index (κ3) is 5.49. The molecule has 160 valence electrons. The molecule has 4 rings (SSSR count). The maximum Gasteiger partial charge on any atom is 0.291 e. The van der Waals surface area contributed by atoms with E-state index in [4.69, 9.17) is 32.0 Å². The third-order valence-electron chi connectivity index (χ3n) is 4.33. The Morgan fingerprint density at radius 2 is 1.53 bits per heavy atom. The number of carbonyl (C=O) groups is 2. The van der Waals surface area contributed by atoms with Crippen molar-refractivity contribution in [3.05, 3.63) is 101 Å². The van der Waals surface area contributed by atoms with E-state index in [-0.39, 0.29) is 17.6 Å². The predicted molar refractivity (Wildman–Crippen MR) is 125 cm³/mol. The second-order valence-electron chi connectivity index (χ2n) is 6.69. The summed E-state index contributed by atoms with van der Waals surface area (Å²) in [6.07, 6.45) is 4.35. The summed E-state index contributed by atoms with van der Waals surface area (Å²) in [7, 11) is 0.